The predicted molar refractivity (Wildman–Crippen MR) is 130 cm³/mol. The number of hydrogen-bond donors (Lipinski definition) is 1. The molecular weight excluding hydrogens is 471 g/mol. The number of urea groups is 1. The number of carbonyl (C=O) groups is 1. The molecule has 1 aromatic heterocycles. The van der Waals surface area contributed by atoms with Crippen LogP contribution in [0.25, 0.3) is 17.0 Å². The molecule has 0 fully saturated rings. The number of nitrogens with one attached hydrogen (secondary N) is 1. The average molecular weight is 491 g/mol. The zero-order valence-electron chi connectivity index (χ0n) is 18.8. The Labute approximate surface area is 205 Å². The molecule has 5 rings (SSSR count). The summed E-state index contributed by atoms with van der Waals surface area (Å²) in [4.78, 5) is 19.3. The maximum atomic E-state index is 14.1. The maximum absolute atomic E-state index is 14.1. The quantitative estimate of drug-likeness (QED) is 0.358. The first kappa shape index (κ1) is 22.6. The number of carbonyl (C=O) groups excluding carboxylic acids is 1. The van der Waals surface area contributed by atoms with Gasteiger partial charge in [0.05, 0.1) is 24.4 Å². The molecule has 0 saturated carbocycles. The van der Waals surface area contributed by atoms with E-state index >= 15 is 0 Å². The predicted octanol–water partition coefficient (Wildman–Crippen LogP) is 6.24. The van der Waals surface area contributed by atoms with Gasteiger partial charge in [-0.1, -0.05) is 47.1 Å². The molecule has 35 heavy (non-hydrogen) atoms. The van der Waals surface area contributed by atoms with E-state index in [4.69, 9.17) is 20.9 Å². The van der Waals surface area contributed by atoms with Gasteiger partial charge in [0, 0.05) is 16.3 Å². The monoisotopic (exact) mass is 490 g/mol. The van der Waals surface area contributed by atoms with Crippen molar-refractivity contribution in [3.63, 3.8) is 0 Å². The standard InChI is InChI=1S/C26H20ClFN4O3/c1-15-22(25-30-24(31-35-25)17-7-4-11-21(13-17)34-2)23(16-6-3-9-19(28)12-16)29-26(33)32(15)20-10-5-8-18(27)14-20/h3-14,23H,1-2H3,(H,29,33). The number of halogens is 2. The van der Waals surface area contributed by atoms with Crippen LogP contribution in [0.1, 0.15) is 24.4 Å². The lowest BCUT2D eigenvalue weighted by molar-refractivity contribution is 0.244. The molecule has 2 amide bonds. The molecule has 0 saturated heterocycles. The number of allylic oxidation sites excluding steroid dienone is 1. The van der Waals surface area contributed by atoms with Gasteiger partial charge in [-0.05, 0) is 55.0 Å². The molecular formula is C26H20ClFN4O3. The molecule has 1 N–H and O–H groups in total. The van der Waals surface area contributed by atoms with Gasteiger partial charge in [0.25, 0.3) is 5.89 Å². The van der Waals surface area contributed by atoms with Gasteiger partial charge in [-0.25, -0.2) is 9.18 Å². The summed E-state index contributed by atoms with van der Waals surface area (Å²) in [5.41, 5.74) is 2.89. The summed E-state index contributed by atoms with van der Waals surface area (Å²) in [5, 5.41) is 7.57. The normalized spacial score (nSPS) is 15.8. The first-order chi connectivity index (χ1) is 16.9. The molecule has 2 heterocycles. The highest BCUT2D eigenvalue weighted by molar-refractivity contribution is 6.31. The fourth-order valence-corrected chi connectivity index (χ4v) is 4.28. The van der Waals surface area contributed by atoms with Crippen LogP contribution >= 0.6 is 11.6 Å². The SMILES string of the molecule is COc1cccc(-c2noc(C3=C(C)N(c4cccc(Cl)c4)C(=O)NC3c3cccc(F)c3)n2)c1. The van der Waals surface area contributed by atoms with Crippen LogP contribution in [0.4, 0.5) is 14.9 Å². The van der Waals surface area contributed by atoms with E-state index < -0.39 is 17.9 Å². The van der Waals surface area contributed by atoms with E-state index in [1.165, 1.54) is 17.0 Å². The summed E-state index contributed by atoms with van der Waals surface area (Å²) in [6.07, 6.45) is 0. The van der Waals surface area contributed by atoms with E-state index in [2.05, 4.69) is 15.5 Å². The van der Waals surface area contributed by atoms with E-state index in [0.717, 1.165) is 0 Å². The number of nitrogens with zero attached hydrogens (tertiary/aromatic N) is 3. The Morgan fingerprint density at radius 1 is 1.09 bits per heavy atom. The van der Waals surface area contributed by atoms with Crippen molar-refractivity contribution in [2.75, 3.05) is 12.0 Å². The number of hydrogen-bond acceptors (Lipinski definition) is 5. The Hall–Kier alpha value is -4.17. The van der Waals surface area contributed by atoms with Crippen molar-refractivity contribution in [1.29, 1.82) is 0 Å². The van der Waals surface area contributed by atoms with E-state index in [9.17, 15) is 9.18 Å². The van der Waals surface area contributed by atoms with E-state index in [0.29, 0.717) is 44.7 Å². The Balaban J connectivity index is 1.66. The highest BCUT2D eigenvalue weighted by Crippen LogP contribution is 2.39. The second-order valence-electron chi connectivity index (χ2n) is 7.91. The minimum atomic E-state index is -0.716. The Bertz CT molecular complexity index is 1450. The fraction of sp³-hybridized carbons (Fsp3) is 0.115. The maximum Gasteiger partial charge on any atom is 0.326 e. The van der Waals surface area contributed by atoms with Crippen molar-refractivity contribution in [3.05, 3.63) is 101 Å². The van der Waals surface area contributed by atoms with Gasteiger partial charge in [-0.2, -0.15) is 4.98 Å². The Morgan fingerprint density at radius 2 is 1.89 bits per heavy atom. The van der Waals surface area contributed by atoms with Crippen molar-refractivity contribution in [3.8, 4) is 17.1 Å². The minimum absolute atomic E-state index is 0.196. The molecule has 9 heteroatoms. The van der Waals surface area contributed by atoms with Crippen molar-refractivity contribution in [1.82, 2.24) is 15.5 Å². The fourth-order valence-electron chi connectivity index (χ4n) is 4.09. The third kappa shape index (κ3) is 4.36. The zero-order chi connectivity index (χ0) is 24.5. The third-order valence-corrected chi connectivity index (χ3v) is 5.95. The first-order valence-corrected chi connectivity index (χ1v) is 11.1. The zero-order valence-corrected chi connectivity index (χ0v) is 19.6. The van der Waals surface area contributed by atoms with Gasteiger partial charge in [-0.15, -0.1) is 0 Å². The van der Waals surface area contributed by atoms with Gasteiger partial charge in [0.1, 0.15) is 11.6 Å². The van der Waals surface area contributed by atoms with E-state index in [1.807, 2.05) is 18.2 Å². The largest absolute Gasteiger partial charge is 0.497 e. The number of methoxy groups -OCH3 is 1. The molecule has 1 unspecified atom stereocenters. The summed E-state index contributed by atoms with van der Waals surface area (Å²) < 4.78 is 25.1. The van der Waals surface area contributed by atoms with Gasteiger partial charge < -0.3 is 14.6 Å². The van der Waals surface area contributed by atoms with Crippen molar-refractivity contribution in [2.24, 2.45) is 0 Å². The molecule has 7 nitrogen and oxygen atoms in total. The molecule has 0 radical (unpaired) electrons. The summed E-state index contributed by atoms with van der Waals surface area (Å²) in [6, 6.07) is 19.1. The summed E-state index contributed by atoms with van der Waals surface area (Å²) in [7, 11) is 1.58. The first-order valence-electron chi connectivity index (χ1n) is 10.8. The van der Waals surface area contributed by atoms with Crippen molar-refractivity contribution < 1.29 is 18.4 Å². The summed E-state index contributed by atoms with van der Waals surface area (Å²) >= 11 is 6.18. The van der Waals surface area contributed by atoms with Crippen LogP contribution in [0.3, 0.4) is 0 Å². The van der Waals surface area contributed by atoms with Crippen LogP contribution in [0.15, 0.2) is 83.0 Å². The van der Waals surface area contributed by atoms with Crippen LogP contribution in [-0.4, -0.2) is 23.3 Å². The van der Waals surface area contributed by atoms with Gasteiger partial charge >= 0.3 is 6.03 Å². The summed E-state index contributed by atoms with van der Waals surface area (Å²) in [5.74, 6) is 0.776. The third-order valence-electron chi connectivity index (χ3n) is 5.72. The molecule has 1 aliphatic heterocycles. The number of rotatable bonds is 5. The highest BCUT2D eigenvalue weighted by atomic mass is 35.5. The van der Waals surface area contributed by atoms with Crippen LogP contribution in [-0.2, 0) is 0 Å². The smallest absolute Gasteiger partial charge is 0.326 e. The molecule has 3 aromatic carbocycles. The van der Waals surface area contributed by atoms with Crippen LogP contribution in [0.5, 0.6) is 5.75 Å². The van der Waals surface area contributed by atoms with Crippen LogP contribution < -0.4 is 15.0 Å². The lowest BCUT2D eigenvalue weighted by Gasteiger charge is -2.35. The minimum Gasteiger partial charge on any atom is -0.497 e. The molecule has 0 bridgehead atoms. The highest BCUT2D eigenvalue weighted by Gasteiger charge is 2.36. The van der Waals surface area contributed by atoms with Gasteiger partial charge in [0.2, 0.25) is 5.82 Å². The number of ether oxygens (including phenoxy) is 1. The number of anilines is 1. The number of benzene rings is 3. The van der Waals surface area contributed by atoms with E-state index in [1.54, 1.807) is 56.5 Å². The van der Waals surface area contributed by atoms with Crippen LogP contribution in [0, 0.1) is 5.82 Å². The number of amides is 2. The second-order valence-corrected chi connectivity index (χ2v) is 8.34. The van der Waals surface area contributed by atoms with Crippen molar-refractivity contribution >= 4 is 28.9 Å². The number of aromatic nitrogens is 2. The molecule has 0 spiro atoms. The summed E-state index contributed by atoms with van der Waals surface area (Å²) in [6.45, 7) is 1.77. The lowest BCUT2D eigenvalue weighted by atomic mass is 9.94. The van der Waals surface area contributed by atoms with E-state index in [-0.39, 0.29) is 5.89 Å². The molecule has 0 aliphatic carbocycles. The second kappa shape index (κ2) is 9.23. The Kier molecular flexibility index (Phi) is 5.96. The lowest BCUT2D eigenvalue weighted by Crippen LogP contribution is -2.46. The molecule has 1 aliphatic rings. The molecule has 4 aromatic rings. The molecule has 176 valence electrons. The Morgan fingerprint density at radius 3 is 2.66 bits per heavy atom. The van der Waals surface area contributed by atoms with Gasteiger partial charge in [-0.3, -0.25) is 4.90 Å². The van der Waals surface area contributed by atoms with Crippen LogP contribution in [0.2, 0.25) is 5.02 Å². The average Bonchev–Trinajstić information content (AvgIpc) is 3.33. The van der Waals surface area contributed by atoms with Crippen molar-refractivity contribution in [2.45, 2.75) is 13.0 Å². The van der Waals surface area contributed by atoms with Gasteiger partial charge in [0.15, 0.2) is 0 Å². The molecule has 1 atom stereocenters. The topological polar surface area (TPSA) is 80.5 Å².